The standard InChI is InChI=1S/C17H17F5N4O4S/c1-26(8-9-2-3-10(18)4-12(9)19)31(29,30)11-5-13(23)15(24-6-11)16(28)25-7-14(27)17(20,21)22/h2-6,14,27H,7-8,23H2,1H3,(H,25,28). The summed E-state index contributed by atoms with van der Waals surface area (Å²) in [6.07, 6.45) is -7.00. The Bertz CT molecular complexity index is 1080. The Hall–Kier alpha value is -2.84. The van der Waals surface area contributed by atoms with Gasteiger partial charge in [0, 0.05) is 31.4 Å². The summed E-state index contributed by atoms with van der Waals surface area (Å²) in [5, 5.41) is 10.7. The van der Waals surface area contributed by atoms with E-state index in [9.17, 15) is 35.2 Å². The molecule has 0 saturated heterocycles. The number of nitrogens with two attached hydrogens (primary N) is 1. The molecular weight excluding hydrogens is 451 g/mol. The van der Waals surface area contributed by atoms with Gasteiger partial charge in [-0.15, -0.1) is 0 Å². The molecule has 1 heterocycles. The summed E-state index contributed by atoms with van der Waals surface area (Å²) in [7, 11) is -3.15. The largest absolute Gasteiger partial charge is 0.416 e. The number of pyridine rings is 1. The number of amides is 1. The van der Waals surface area contributed by atoms with Crippen LogP contribution in [0, 0.1) is 11.6 Å². The molecule has 31 heavy (non-hydrogen) atoms. The molecule has 0 aliphatic rings. The maximum Gasteiger partial charge on any atom is 0.416 e. The van der Waals surface area contributed by atoms with E-state index in [-0.39, 0.29) is 5.56 Å². The zero-order valence-electron chi connectivity index (χ0n) is 15.8. The Morgan fingerprint density at radius 1 is 1.29 bits per heavy atom. The van der Waals surface area contributed by atoms with Crippen molar-refractivity contribution < 1.29 is 40.3 Å². The maximum absolute atomic E-state index is 13.8. The molecule has 1 aromatic carbocycles. The molecule has 1 aromatic heterocycles. The van der Waals surface area contributed by atoms with Crippen LogP contribution in [0.5, 0.6) is 0 Å². The number of benzene rings is 1. The average molecular weight is 468 g/mol. The van der Waals surface area contributed by atoms with Crippen LogP contribution in [0.2, 0.25) is 0 Å². The van der Waals surface area contributed by atoms with Gasteiger partial charge in [0.25, 0.3) is 5.91 Å². The van der Waals surface area contributed by atoms with Gasteiger partial charge in [-0.25, -0.2) is 22.2 Å². The number of carbonyl (C=O) groups is 1. The molecule has 0 aliphatic heterocycles. The fraction of sp³-hybridized carbons (Fsp3) is 0.294. The predicted octanol–water partition coefficient (Wildman–Crippen LogP) is 1.42. The van der Waals surface area contributed by atoms with E-state index in [1.165, 1.54) is 0 Å². The van der Waals surface area contributed by atoms with Crippen LogP contribution >= 0.6 is 0 Å². The molecule has 0 spiro atoms. The molecule has 1 unspecified atom stereocenters. The Balaban J connectivity index is 2.17. The number of aliphatic hydroxyl groups is 1. The van der Waals surface area contributed by atoms with Crippen molar-refractivity contribution >= 4 is 21.6 Å². The van der Waals surface area contributed by atoms with E-state index in [1.807, 2.05) is 0 Å². The quantitative estimate of drug-likeness (QED) is 0.528. The van der Waals surface area contributed by atoms with Crippen LogP contribution in [0.1, 0.15) is 16.1 Å². The number of nitrogen functional groups attached to an aromatic ring is 1. The number of hydrogen-bond acceptors (Lipinski definition) is 6. The lowest BCUT2D eigenvalue weighted by atomic mass is 10.2. The van der Waals surface area contributed by atoms with Crippen molar-refractivity contribution in [2.45, 2.75) is 23.7 Å². The first kappa shape index (κ1) is 24.4. The molecule has 0 aliphatic carbocycles. The van der Waals surface area contributed by atoms with Crippen LogP contribution in [-0.2, 0) is 16.6 Å². The topological polar surface area (TPSA) is 126 Å². The van der Waals surface area contributed by atoms with Crippen LogP contribution in [0.25, 0.3) is 0 Å². The number of alkyl halides is 3. The van der Waals surface area contributed by atoms with Gasteiger partial charge in [-0.05, 0) is 12.1 Å². The fourth-order valence-corrected chi connectivity index (χ4v) is 3.47. The highest BCUT2D eigenvalue weighted by Crippen LogP contribution is 2.22. The van der Waals surface area contributed by atoms with E-state index >= 15 is 0 Å². The number of nitrogens with one attached hydrogen (secondary N) is 1. The van der Waals surface area contributed by atoms with Crippen molar-refractivity contribution in [2.75, 3.05) is 19.3 Å². The lowest BCUT2D eigenvalue weighted by Crippen LogP contribution is -2.41. The van der Waals surface area contributed by atoms with Gasteiger partial charge in [-0.1, -0.05) is 6.07 Å². The van der Waals surface area contributed by atoms with Crippen molar-refractivity contribution in [3.63, 3.8) is 0 Å². The number of anilines is 1. The number of halogens is 5. The van der Waals surface area contributed by atoms with Gasteiger partial charge in [0.1, 0.15) is 16.5 Å². The smallest absolute Gasteiger partial charge is 0.397 e. The van der Waals surface area contributed by atoms with E-state index < -0.39 is 69.2 Å². The Morgan fingerprint density at radius 2 is 1.94 bits per heavy atom. The minimum atomic E-state index is -4.95. The molecular formula is C17H17F5N4O4S. The molecule has 0 saturated carbocycles. The van der Waals surface area contributed by atoms with E-state index in [2.05, 4.69) is 4.98 Å². The number of rotatable bonds is 7. The van der Waals surface area contributed by atoms with Crippen molar-refractivity contribution in [3.8, 4) is 0 Å². The highest BCUT2D eigenvalue weighted by atomic mass is 32.2. The zero-order chi connectivity index (χ0) is 23.6. The van der Waals surface area contributed by atoms with Gasteiger partial charge in [0.05, 0.1) is 12.2 Å². The Kier molecular flexibility index (Phi) is 7.18. The minimum Gasteiger partial charge on any atom is -0.397 e. The highest BCUT2D eigenvalue weighted by molar-refractivity contribution is 7.89. The molecule has 0 fully saturated rings. The summed E-state index contributed by atoms with van der Waals surface area (Å²) in [4.78, 5) is 15.0. The minimum absolute atomic E-state index is 0.104. The summed E-state index contributed by atoms with van der Waals surface area (Å²) in [5.74, 6) is -2.94. The normalized spacial score (nSPS) is 13.3. The van der Waals surface area contributed by atoms with Crippen LogP contribution in [-0.4, -0.2) is 54.6 Å². The second-order valence-corrected chi connectivity index (χ2v) is 8.42. The van der Waals surface area contributed by atoms with Crippen molar-refractivity contribution in [1.82, 2.24) is 14.6 Å². The molecule has 2 aromatic rings. The second kappa shape index (κ2) is 9.11. The molecule has 0 bridgehead atoms. The van der Waals surface area contributed by atoms with Crippen LogP contribution in [0.4, 0.5) is 27.6 Å². The first-order chi connectivity index (χ1) is 14.2. The van der Waals surface area contributed by atoms with E-state index in [0.29, 0.717) is 6.07 Å². The Morgan fingerprint density at radius 3 is 2.48 bits per heavy atom. The number of sulfonamides is 1. The van der Waals surface area contributed by atoms with E-state index in [0.717, 1.165) is 35.7 Å². The summed E-state index contributed by atoms with van der Waals surface area (Å²) in [6.45, 7) is -1.61. The number of carbonyl (C=O) groups excluding carboxylic acids is 1. The molecule has 1 atom stereocenters. The maximum atomic E-state index is 13.8. The van der Waals surface area contributed by atoms with Crippen molar-refractivity contribution in [2.24, 2.45) is 0 Å². The third kappa shape index (κ3) is 5.86. The third-order valence-electron chi connectivity index (χ3n) is 4.06. The number of nitrogens with zero attached hydrogens (tertiary/aromatic N) is 2. The molecule has 0 radical (unpaired) electrons. The SMILES string of the molecule is CN(Cc1ccc(F)cc1F)S(=O)(=O)c1cnc(C(=O)NCC(O)C(F)(F)F)c(N)c1. The summed E-state index contributed by atoms with van der Waals surface area (Å²) < 4.78 is 89.7. The van der Waals surface area contributed by atoms with Crippen LogP contribution < -0.4 is 11.1 Å². The average Bonchev–Trinajstić information content (AvgIpc) is 2.66. The lowest BCUT2D eigenvalue weighted by Gasteiger charge is -2.18. The van der Waals surface area contributed by atoms with Gasteiger partial charge in [-0.2, -0.15) is 17.5 Å². The predicted molar refractivity (Wildman–Crippen MR) is 98.1 cm³/mol. The van der Waals surface area contributed by atoms with Gasteiger partial charge in [0.15, 0.2) is 11.8 Å². The molecule has 4 N–H and O–H groups in total. The molecule has 2 rings (SSSR count). The van der Waals surface area contributed by atoms with Crippen LogP contribution in [0.15, 0.2) is 35.4 Å². The lowest BCUT2D eigenvalue weighted by molar-refractivity contribution is -0.201. The van der Waals surface area contributed by atoms with E-state index in [4.69, 9.17) is 10.8 Å². The summed E-state index contributed by atoms with van der Waals surface area (Å²) in [6, 6.07) is 3.49. The molecule has 8 nitrogen and oxygen atoms in total. The highest BCUT2D eigenvalue weighted by Gasteiger charge is 2.38. The van der Waals surface area contributed by atoms with E-state index in [1.54, 1.807) is 5.32 Å². The second-order valence-electron chi connectivity index (χ2n) is 6.37. The summed E-state index contributed by atoms with van der Waals surface area (Å²) >= 11 is 0. The number of aromatic nitrogens is 1. The van der Waals surface area contributed by atoms with Gasteiger partial charge in [-0.3, -0.25) is 4.79 Å². The van der Waals surface area contributed by atoms with Crippen molar-refractivity contribution in [3.05, 3.63) is 53.4 Å². The summed E-state index contributed by atoms with van der Waals surface area (Å²) in [5.41, 5.74) is 4.50. The molecule has 170 valence electrons. The molecule has 1 amide bonds. The fourth-order valence-electron chi connectivity index (χ4n) is 2.34. The van der Waals surface area contributed by atoms with Crippen molar-refractivity contribution in [1.29, 1.82) is 0 Å². The number of hydrogen-bond donors (Lipinski definition) is 3. The first-order valence-electron chi connectivity index (χ1n) is 8.42. The van der Waals surface area contributed by atoms with Crippen LogP contribution in [0.3, 0.4) is 0 Å². The van der Waals surface area contributed by atoms with Gasteiger partial charge in [0.2, 0.25) is 10.0 Å². The van der Waals surface area contributed by atoms with Gasteiger partial charge >= 0.3 is 6.18 Å². The molecule has 14 heteroatoms. The number of aliphatic hydroxyl groups excluding tert-OH is 1. The Labute approximate surface area is 173 Å². The third-order valence-corrected chi connectivity index (χ3v) is 5.83. The monoisotopic (exact) mass is 468 g/mol. The van der Waals surface area contributed by atoms with Gasteiger partial charge < -0.3 is 16.2 Å². The zero-order valence-corrected chi connectivity index (χ0v) is 16.6. The first-order valence-corrected chi connectivity index (χ1v) is 9.86.